The molecular weight excluding hydrogens is 257 g/mol. The van der Waals surface area contributed by atoms with Crippen LogP contribution >= 0.6 is 0 Å². The third-order valence-electron chi connectivity index (χ3n) is 3.36. The van der Waals surface area contributed by atoms with E-state index in [0.29, 0.717) is 6.54 Å². The lowest BCUT2D eigenvalue weighted by atomic mass is 10.0. The summed E-state index contributed by atoms with van der Waals surface area (Å²) in [6.45, 7) is 6.14. The fourth-order valence-electron chi connectivity index (χ4n) is 2.26. The first kappa shape index (κ1) is 14.7. The van der Waals surface area contributed by atoms with Gasteiger partial charge in [-0.05, 0) is 30.2 Å². The molecule has 20 heavy (non-hydrogen) atoms. The molecule has 1 aromatic carbocycles. The van der Waals surface area contributed by atoms with Crippen LogP contribution in [0.2, 0.25) is 0 Å². The van der Waals surface area contributed by atoms with Crippen LogP contribution in [0.5, 0.6) is 0 Å². The molecule has 108 valence electrons. The Morgan fingerprint density at radius 1 is 1.30 bits per heavy atom. The zero-order valence-electron chi connectivity index (χ0n) is 12.1. The van der Waals surface area contributed by atoms with Crippen molar-refractivity contribution in [1.82, 2.24) is 14.8 Å². The van der Waals surface area contributed by atoms with E-state index in [2.05, 4.69) is 10.1 Å². The van der Waals surface area contributed by atoms with Gasteiger partial charge in [-0.15, -0.1) is 0 Å². The van der Waals surface area contributed by atoms with Gasteiger partial charge in [-0.3, -0.25) is 0 Å². The number of benzene rings is 1. The van der Waals surface area contributed by atoms with Crippen LogP contribution < -0.4 is 0 Å². The summed E-state index contributed by atoms with van der Waals surface area (Å²) < 4.78 is 14.8. The predicted octanol–water partition coefficient (Wildman–Crippen LogP) is 2.58. The molecule has 0 spiro atoms. The average Bonchev–Trinajstić information content (AvgIpc) is 2.80. The van der Waals surface area contributed by atoms with Gasteiger partial charge in [0.25, 0.3) is 0 Å². The van der Waals surface area contributed by atoms with Gasteiger partial charge in [-0.1, -0.05) is 19.9 Å². The smallest absolute Gasteiger partial charge is 0.150 e. The Bertz CT molecular complexity index is 595. The van der Waals surface area contributed by atoms with E-state index in [4.69, 9.17) is 0 Å². The van der Waals surface area contributed by atoms with Crippen LogP contribution in [0.1, 0.15) is 42.7 Å². The van der Waals surface area contributed by atoms with Crippen LogP contribution in [-0.4, -0.2) is 19.9 Å². The average molecular weight is 277 g/mol. The van der Waals surface area contributed by atoms with E-state index in [-0.39, 0.29) is 5.82 Å². The van der Waals surface area contributed by atoms with E-state index < -0.39 is 6.10 Å². The summed E-state index contributed by atoms with van der Waals surface area (Å²) in [5, 5.41) is 14.7. The number of hydrogen-bond donors (Lipinski definition) is 1. The summed E-state index contributed by atoms with van der Waals surface area (Å²) in [4.78, 5) is 4.41. The quantitative estimate of drug-likeness (QED) is 0.914. The normalized spacial score (nSPS) is 12.7. The molecule has 0 fully saturated rings. The molecule has 2 aromatic rings. The van der Waals surface area contributed by atoms with Gasteiger partial charge in [0.15, 0.2) is 5.82 Å². The summed E-state index contributed by atoms with van der Waals surface area (Å²) in [6.07, 6.45) is 0.820. The zero-order chi connectivity index (χ0) is 14.7. The molecule has 1 heterocycles. The van der Waals surface area contributed by atoms with Crippen molar-refractivity contribution in [3.63, 3.8) is 0 Å². The van der Waals surface area contributed by atoms with Gasteiger partial charge in [0.05, 0.1) is 12.6 Å². The molecule has 1 unspecified atom stereocenters. The third kappa shape index (κ3) is 3.04. The van der Waals surface area contributed by atoms with Crippen molar-refractivity contribution < 1.29 is 9.50 Å². The number of aromatic nitrogens is 3. The summed E-state index contributed by atoms with van der Waals surface area (Å²) in [6, 6.07) is 4.42. The molecule has 4 nitrogen and oxygen atoms in total. The molecule has 0 amide bonds. The highest BCUT2D eigenvalue weighted by molar-refractivity contribution is 5.28. The first-order valence-electron chi connectivity index (χ1n) is 6.91. The second-order valence-corrected chi connectivity index (χ2v) is 4.85. The van der Waals surface area contributed by atoms with Gasteiger partial charge in [-0.2, -0.15) is 5.10 Å². The molecule has 1 aromatic heterocycles. The minimum atomic E-state index is -0.715. The van der Waals surface area contributed by atoms with E-state index in [9.17, 15) is 9.50 Å². The van der Waals surface area contributed by atoms with Gasteiger partial charge in [0, 0.05) is 12.8 Å². The van der Waals surface area contributed by atoms with E-state index in [1.165, 1.54) is 12.1 Å². The van der Waals surface area contributed by atoms with E-state index >= 15 is 0 Å². The van der Waals surface area contributed by atoms with Crippen molar-refractivity contribution in [1.29, 1.82) is 0 Å². The number of aliphatic hydroxyl groups is 1. The molecule has 0 aliphatic heterocycles. The molecule has 2 rings (SSSR count). The highest BCUT2D eigenvalue weighted by atomic mass is 19.1. The number of hydrogen-bond acceptors (Lipinski definition) is 3. The van der Waals surface area contributed by atoms with Crippen LogP contribution in [0.15, 0.2) is 18.2 Å². The number of halogens is 1. The number of rotatable bonds is 5. The standard InChI is InChI=1S/C15H20FN3O/c1-4-14-17-15(5-2)19(18-14)9-13(20)12-7-6-11(16)8-10(12)3/h6-8,13,20H,4-5,9H2,1-3H3. The van der Waals surface area contributed by atoms with Crippen molar-refractivity contribution in [3.8, 4) is 0 Å². The molecule has 0 saturated heterocycles. The van der Waals surface area contributed by atoms with E-state index in [1.807, 2.05) is 13.8 Å². The largest absolute Gasteiger partial charge is 0.386 e. The van der Waals surface area contributed by atoms with Crippen molar-refractivity contribution in [2.24, 2.45) is 0 Å². The Kier molecular flexibility index (Phi) is 4.49. The van der Waals surface area contributed by atoms with Crippen LogP contribution in [0.3, 0.4) is 0 Å². The van der Waals surface area contributed by atoms with E-state index in [0.717, 1.165) is 35.6 Å². The Balaban J connectivity index is 2.22. The minimum Gasteiger partial charge on any atom is -0.386 e. The van der Waals surface area contributed by atoms with Gasteiger partial charge in [-0.25, -0.2) is 14.1 Å². The maximum absolute atomic E-state index is 13.1. The number of nitrogens with zero attached hydrogens (tertiary/aromatic N) is 3. The summed E-state index contributed by atoms with van der Waals surface area (Å²) in [7, 11) is 0. The van der Waals surface area contributed by atoms with Gasteiger partial charge in [0.1, 0.15) is 11.6 Å². The molecule has 1 atom stereocenters. The third-order valence-corrected chi connectivity index (χ3v) is 3.36. The second-order valence-electron chi connectivity index (χ2n) is 4.85. The molecule has 0 aliphatic rings. The number of aliphatic hydroxyl groups excluding tert-OH is 1. The van der Waals surface area contributed by atoms with Gasteiger partial charge < -0.3 is 5.11 Å². The van der Waals surface area contributed by atoms with Crippen molar-refractivity contribution in [3.05, 3.63) is 46.8 Å². The van der Waals surface area contributed by atoms with Crippen LogP contribution in [0.25, 0.3) is 0 Å². The lowest BCUT2D eigenvalue weighted by Crippen LogP contribution is -2.14. The summed E-state index contributed by atoms with van der Waals surface area (Å²) >= 11 is 0. The second kappa shape index (κ2) is 6.13. The van der Waals surface area contributed by atoms with Crippen molar-refractivity contribution in [2.75, 3.05) is 0 Å². The van der Waals surface area contributed by atoms with Gasteiger partial charge in [0.2, 0.25) is 0 Å². The summed E-state index contributed by atoms with van der Waals surface area (Å²) in [5.74, 6) is 1.35. The molecule has 0 radical (unpaired) electrons. The molecule has 5 heteroatoms. The first-order valence-corrected chi connectivity index (χ1v) is 6.91. The first-order chi connectivity index (χ1) is 9.55. The fourth-order valence-corrected chi connectivity index (χ4v) is 2.26. The lowest BCUT2D eigenvalue weighted by Gasteiger charge is -2.14. The highest BCUT2D eigenvalue weighted by Crippen LogP contribution is 2.20. The molecule has 0 bridgehead atoms. The maximum Gasteiger partial charge on any atom is 0.150 e. The monoisotopic (exact) mass is 277 g/mol. The zero-order valence-corrected chi connectivity index (χ0v) is 12.1. The molecule has 0 aliphatic carbocycles. The van der Waals surface area contributed by atoms with Crippen molar-refractivity contribution in [2.45, 2.75) is 46.3 Å². The van der Waals surface area contributed by atoms with E-state index in [1.54, 1.807) is 17.7 Å². The molecular formula is C15H20FN3O. The summed E-state index contributed by atoms with van der Waals surface area (Å²) in [5.41, 5.74) is 1.47. The lowest BCUT2D eigenvalue weighted by molar-refractivity contribution is 0.149. The van der Waals surface area contributed by atoms with Crippen LogP contribution in [-0.2, 0) is 19.4 Å². The Hall–Kier alpha value is -1.75. The Morgan fingerprint density at radius 2 is 2.05 bits per heavy atom. The minimum absolute atomic E-state index is 0.290. The van der Waals surface area contributed by atoms with Crippen LogP contribution in [0, 0.1) is 12.7 Å². The van der Waals surface area contributed by atoms with Crippen LogP contribution in [0.4, 0.5) is 4.39 Å². The SMILES string of the molecule is CCc1nc(CC)n(CC(O)c2ccc(F)cc2C)n1. The fraction of sp³-hybridized carbons (Fsp3) is 0.467. The highest BCUT2D eigenvalue weighted by Gasteiger charge is 2.15. The Labute approximate surface area is 118 Å². The van der Waals surface area contributed by atoms with Gasteiger partial charge >= 0.3 is 0 Å². The topological polar surface area (TPSA) is 50.9 Å². The predicted molar refractivity (Wildman–Crippen MR) is 74.9 cm³/mol. The molecule has 1 N–H and O–H groups in total. The maximum atomic E-state index is 13.1. The number of aryl methyl sites for hydroxylation is 3. The Morgan fingerprint density at radius 3 is 2.65 bits per heavy atom. The van der Waals surface area contributed by atoms with Crippen molar-refractivity contribution >= 4 is 0 Å². The molecule has 0 saturated carbocycles.